The Morgan fingerprint density at radius 1 is 1.21 bits per heavy atom. The normalized spacial score (nSPS) is 22.8. The van der Waals surface area contributed by atoms with E-state index in [0.29, 0.717) is 11.3 Å². The standard InChI is InChI=1S/C15H23N3O/c1-11(2)12-9-16-14(17-10-12)18-5-3-15(4-6-18)7-13(19)8-15/h9-11,13,19H,3-8H2,1-2H3. The van der Waals surface area contributed by atoms with Crippen molar-refractivity contribution in [1.82, 2.24) is 9.97 Å². The van der Waals surface area contributed by atoms with Gasteiger partial charge in [-0.25, -0.2) is 9.97 Å². The van der Waals surface area contributed by atoms with Crippen molar-refractivity contribution in [1.29, 1.82) is 0 Å². The molecule has 1 N–H and O–H groups in total. The van der Waals surface area contributed by atoms with Crippen molar-refractivity contribution in [2.75, 3.05) is 18.0 Å². The minimum absolute atomic E-state index is 0.0480. The molecular weight excluding hydrogens is 238 g/mol. The Balaban J connectivity index is 1.62. The van der Waals surface area contributed by atoms with Crippen LogP contribution >= 0.6 is 0 Å². The van der Waals surface area contributed by atoms with Gasteiger partial charge in [0.25, 0.3) is 0 Å². The lowest BCUT2D eigenvalue weighted by Crippen LogP contribution is -2.49. The van der Waals surface area contributed by atoms with Crippen LogP contribution in [-0.4, -0.2) is 34.3 Å². The third-order valence-electron chi connectivity index (χ3n) is 4.77. The van der Waals surface area contributed by atoms with Gasteiger partial charge in [0.05, 0.1) is 6.10 Å². The van der Waals surface area contributed by atoms with E-state index < -0.39 is 0 Å². The predicted molar refractivity (Wildman–Crippen MR) is 75.2 cm³/mol. The smallest absolute Gasteiger partial charge is 0.225 e. The molecule has 0 radical (unpaired) electrons. The highest BCUT2D eigenvalue weighted by Crippen LogP contribution is 2.49. The van der Waals surface area contributed by atoms with Gasteiger partial charge in [-0.15, -0.1) is 0 Å². The van der Waals surface area contributed by atoms with E-state index in [1.165, 1.54) is 18.4 Å². The third kappa shape index (κ3) is 2.46. The molecule has 0 aromatic carbocycles. The Kier molecular flexibility index (Phi) is 3.21. The van der Waals surface area contributed by atoms with Crippen LogP contribution in [0.4, 0.5) is 5.95 Å². The summed E-state index contributed by atoms with van der Waals surface area (Å²) in [6.45, 7) is 6.36. The van der Waals surface area contributed by atoms with Gasteiger partial charge in [-0.3, -0.25) is 0 Å². The SMILES string of the molecule is CC(C)c1cnc(N2CCC3(CC2)CC(O)C3)nc1. The van der Waals surface area contributed by atoms with E-state index in [1.807, 2.05) is 12.4 Å². The second-order valence-corrected chi connectivity index (χ2v) is 6.52. The van der Waals surface area contributed by atoms with Gasteiger partial charge in [0, 0.05) is 25.5 Å². The number of hydrogen-bond acceptors (Lipinski definition) is 4. The molecule has 0 atom stereocenters. The maximum Gasteiger partial charge on any atom is 0.225 e. The number of aliphatic hydroxyl groups is 1. The van der Waals surface area contributed by atoms with Crippen LogP contribution in [-0.2, 0) is 0 Å². The summed E-state index contributed by atoms with van der Waals surface area (Å²) >= 11 is 0. The molecule has 1 aliphatic carbocycles. The molecule has 2 fully saturated rings. The van der Waals surface area contributed by atoms with E-state index >= 15 is 0 Å². The highest BCUT2D eigenvalue weighted by Gasteiger charge is 2.45. The van der Waals surface area contributed by atoms with E-state index in [0.717, 1.165) is 31.9 Å². The Morgan fingerprint density at radius 3 is 2.26 bits per heavy atom. The fourth-order valence-electron chi connectivity index (χ4n) is 3.32. The first-order valence-electron chi connectivity index (χ1n) is 7.33. The lowest BCUT2D eigenvalue weighted by Gasteiger charge is -2.50. The highest BCUT2D eigenvalue weighted by molar-refractivity contribution is 5.31. The number of aliphatic hydroxyl groups excluding tert-OH is 1. The summed E-state index contributed by atoms with van der Waals surface area (Å²) in [7, 11) is 0. The highest BCUT2D eigenvalue weighted by atomic mass is 16.3. The van der Waals surface area contributed by atoms with Crippen LogP contribution in [0.25, 0.3) is 0 Å². The zero-order valence-electron chi connectivity index (χ0n) is 11.8. The van der Waals surface area contributed by atoms with Gasteiger partial charge in [-0.1, -0.05) is 13.8 Å². The molecule has 1 aliphatic heterocycles. The van der Waals surface area contributed by atoms with E-state index in [4.69, 9.17) is 0 Å². The van der Waals surface area contributed by atoms with Crippen molar-refractivity contribution in [3.8, 4) is 0 Å². The quantitative estimate of drug-likeness (QED) is 0.887. The first-order chi connectivity index (χ1) is 9.08. The fraction of sp³-hybridized carbons (Fsp3) is 0.733. The van der Waals surface area contributed by atoms with Crippen molar-refractivity contribution in [2.45, 2.75) is 51.6 Å². The van der Waals surface area contributed by atoms with Gasteiger partial charge in [0.1, 0.15) is 0 Å². The second-order valence-electron chi connectivity index (χ2n) is 6.52. The summed E-state index contributed by atoms with van der Waals surface area (Å²) in [6.07, 6.45) is 8.17. The Labute approximate surface area is 114 Å². The molecule has 0 unspecified atom stereocenters. The third-order valence-corrected chi connectivity index (χ3v) is 4.77. The van der Waals surface area contributed by atoms with Gasteiger partial charge >= 0.3 is 0 Å². The average molecular weight is 261 g/mol. The van der Waals surface area contributed by atoms with Crippen molar-refractivity contribution < 1.29 is 5.11 Å². The number of piperidine rings is 1. The van der Waals surface area contributed by atoms with Gasteiger partial charge in [0.2, 0.25) is 5.95 Å². The fourth-order valence-corrected chi connectivity index (χ4v) is 3.32. The molecule has 1 saturated carbocycles. The molecule has 4 nitrogen and oxygen atoms in total. The minimum Gasteiger partial charge on any atom is -0.393 e. The molecule has 0 amide bonds. The number of rotatable bonds is 2. The molecule has 4 heteroatoms. The molecule has 2 heterocycles. The second kappa shape index (κ2) is 4.75. The first-order valence-corrected chi connectivity index (χ1v) is 7.33. The number of anilines is 1. The molecule has 19 heavy (non-hydrogen) atoms. The lowest BCUT2D eigenvalue weighted by atomic mass is 9.61. The summed E-state index contributed by atoms with van der Waals surface area (Å²) in [6, 6.07) is 0. The molecule has 1 saturated heterocycles. The van der Waals surface area contributed by atoms with Gasteiger partial charge in [0.15, 0.2) is 0 Å². The van der Waals surface area contributed by atoms with Gasteiger partial charge in [-0.05, 0) is 42.6 Å². The van der Waals surface area contributed by atoms with Crippen LogP contribution in [0.15, 0.2) is 12.4 Å². The molecule has 1 spiro atoms. The maximum absolute atomic E-state index is 9.49. The zero-order valence-corrected chi connectivity index (χ0v) is 11.8. The van der Waals surface area contributed by atoms with Gasteiger partial charge < -0.3 is 10.0 Å². The minimum atomic E-state index is -0.0480. The first kappa shape index (κ1) is 12.9. The number of aromatic nitrogens is 2. The lowest BCUT2D eigenvalue weighted by molar-refractivity contribution is -0.0465. The molecular formula is C15H23N3O. The maximum atomic E-state index is 9.49. The van der Waals surface area contributed by atoms with Crippen molar-refractivity contribution in [3.05, 3.63) is 18.0 Å². The van der Waals surface area contributed by atoms with Crippen molar-refractivity contribution >= 4 is 5.95 Å². The topological polar surface area (TPSA) is 49.2 Å². The van der Waals surface area contributed by atoms with Crippen LogP contribution in [0, 0.1) is 5.41 Å². The summed E-state index contributed by atoms with van der Waals surface area (Å²) in [4.78, 5) is 11.3. The number of hydrogen-bond donors (Lipinski definition) is 1. The van der Waals surface area contributed by atoms with Crippen molar-refractivity contribution in [3.63, 3.8) is 0 Å². The molecule has 1 aromatic rings. The van der Waals surface area contributed by atoms with E-state index in [1.54, 1.807) is 0 Å². The predicted octanol–water partition coefficient (Wildman–Crippen LogP) is 2.34. The Hall–Kier alpha value is -1.16. The Bertz CT molecular complexity index is 427. The number of nitrogens with zero attached hydrogens (tertiary/aromatic N) is 3. The van der Waals surface area contributed by atoms with E-state index in [9.17, 15) is 5.11 Å². The summed E-state index contributed by atoms with van der Waals surface area (Å²) in [5.74, 6) is 1.34. The molecule has 104 valence electrons. The van der Waals surface area contributed by atoms with Crippen LogP contribution in [0.3, 0.4) is 0 Å². The molecule has 2 aliphatic rings. The van der Waals surface area contributed by atoms with E-state index in [2.05, 4.69) is 28.7 Å². The summed E-state index contributed by atoms with van der Waals surface area (Å²) in [5.41, 5.74) is 1.62. The monoisotopic (exact) mass is 261 g/mol. The van der Waals surface area contributed by atoms with Crippen LogP contribution in [0.5, 0.6) is 0 Å². The summed E-state index contributed by atoms with van der Waals surface area (Å²) in [5, 5.41) is 9.49. The van der Waals surface area contributed by atoms with Crippen LogP contribution in [0.2, 0.25) is 0 Å². The Morgan fingerprint density at radius 2 is 1.79 bits per heavy atom. The summed E-state index contributed by atoms with van der Waals surface area (Å²) < 4.78 is 0. The van der Waals surface area contributed by atoms with Crippen LogP contribution in [0.1, 0.15) is 51.0 Å². The van der Waals surface area contributed by atoms with Crippen molar-refractivity contribution in [2.24, 2.45) is 5.41 Å². The van der Waals surface area contributed by atoms with Crippen LogP contribution < -0.4 is 4.90 Å². The van der Waals surface area contributed by atoms with E-state index in [-0.39, 0.29) is 6.10 Å². The van der Waals surface area contributed by atoms with Gasteiger partial charge in [-0.2, -0.15) is 0 Å². The average Bonchev–Trinajstić information content (AvgIpc) is 2.38. The largest absolute Gasteiger partial charge is 0.393 e. The molecule has 1 aromatic heterocycles. The molecule has 0 bridgehead atoms. The molecule has 3 rings (SSSR count). The zero-order chi connectivity index (χ0) is 13.5.